The van der Waals surface area contributed by atoms with Crippen LogP contribution in [0.3, 0.4) is 0 Å². The standard InChI is InChI=1S/C20H20N4O3/c1-15-21-20(22-27-15)16-4-6-17(7-5-16)23-10-12-24(13-11-23)19(25)9-8-18-3-2-14-26-18/h2-9,14H,10-13H2,1H3. The molecule has 1 aromatic carbocycles. The molecule has 1 fully saturated rings. The van der Waals surface area contributed by atoms with Gasteiger partial charge in [0.15, 0.2) is 0 Å². The van der Waals surface area contributed by atoms with Gasteiger partial charge in [-0.2, -0.15) is 4.98 Å². The van der Waals surface area contributed by atoms with Crippen molar-refractivity contribution in [3.8, 4) is 11.4 Å². The molecule has 7 nitrogen and oxygen atoms in total. The summed E-state index contributed by atoms with van der Waals surface area (Å²) in [5, 5.41) is 3.94. The number of amides is 1. The summed E-state index contributed by atoms with van der Waals surface area (Å²) < 4.78 is 10.2. The predicted molar refractivity (Wildman–Crippen MR) is 101 cm³/mol. The van der Waals surface area contributed by atoms with Crippen molar-refractivity contribution in [2.24, 2.45) is 0 Å². The molecular weight excluding hydrogens is 344 g/mol. The van der Waals surface area contributed by atoms with Crippen LogP contribution in [0.4, 0.5) is 5.69 Å². The van der Waals surface area contributed by atoms with Crippen molar-refractivity contribution in [3.63, 3.8) is 0 Å². The Morgan fingerprint density at radius 2 is 1.89 bits per heavy atom. The van der Waals surface area contributed by atoms with E-state index in [1.165, 1.54) is 0 Å². The van der Waals surface area contributed by atoms with E-state index >= 15 is 0 Å². The molecule has 138 valence electrons. The zero-order valence-corrected chi connectivity index (χ0v) is 15.0. The Hall–Kier alpha value is -3.35. The maximum absolute atomic E-state index is 12.3. The van der Waals surface area contributed by atoms with Crippen molar-refractivity contribution in [3.05, 3.63) is 60.4 Å². The van der Waals surface area contributed by atoms with Crippen molar-refractivity contribution < 1.29 is 13.7 Å². The summed E-state index contributed by atoms with van der Waals surface area (Å²) >= 11 is 0. The fourth-order valence-corrected chi connectivity index (χ4v) is 3.07. The first-order valence-electron chi connectivity index (χ1n) is 8.85. The Morgan fingerprint density at radius 3 is 2.52 bits per heavy atom. The lowest BCUT2D eigenvalue weighted by atomic mass is 10.1. The highest BCUT2D eigenvalue weighted by molar-refractivity contribution is 5.91. The molecule has 3 aromatic rings. The number of aromatic nitrogens is 2. The summed E-state index contributed by atoms with van der Waals surface area (Å²) in [7, 11) is 0. The van der Waals surface area contributed by atoms with Gasteiger partial charge < -0.3 is 18.7 Å². The van der Waals surface area contributed by atoms with Gasteiger partial charge in [-0.15, -0.1) is 0 Å². The van der Waals surface area contributed by atoms with Crippen molar-refractivity contribution in [1.29, 1.82) is 0 Å². The summed E-state index contributed by atoms with van der Waals surface area (Å²) in [5.74, 6) is 1.83. The van der Waals surface area contributed by atoms with Gasteiger partial charge in [0.1, 0.15) is 5.76 Å². The van der Waals surface area contributed by atoms with Crippen LogP contribution in [0.2, 0.25) is 0 Å². The number of carbonyl (C=O) groups is 1. The molecular formula is C20H20N4O3. The van der Waals surface area contributed by atoms with E-state index in [0.717, 1.165) is 24.3 Å². The van der Waals surface area contributed by atoms with Gasteiger partial charge in [0.25, 0.3) is 0 Å². The molecule has 1 amide bonds. The van der Waals surface area contributed by atoms with E-state index in [4.69, 9.17) is 8.94 Å². The fraction of sp³-hybridized carbons (Fsp3) is 0.250. The molecule has 0 bridgehead atoms. The SMILES string of the molecule is Cc1nc(-c2ccc(N3CCN(C(=O)C=Cc4ccco4)CC3)cc2)no1. The molecule has 27 heavy (non-hydrogen) atoms. The summed E-state index contributed by atoms with van der Waals surface area (Å²) in [6, 6.07) is 11.7. The molecule has 7 heteroatoms. The van der Waals surface area contributed by atoms with E-state index < -0.39 is 0 Å². The number of hydrogen-bond donors (Lipinski definition) is 0. The van der Waals surface area contributed by atoms with Crippen LogP contribution in [0, 0.1) is 6.92 Å². The molecule has 3 heterocycles. The van der Waals surface area contributed by atoms with E-state index in [0.29, 0.717) is 30.6 Å². The first-order chi connectivity index (χ1) is 13.2. The molecule has 2 aromatic heterocycles. The lowest BCUT2D eigenvalue weighted by molar-refractivity contribution is -0.126. The smallest absolute Gasteiger partial charge is 0.246 e. The van der Waals surface area contributed by atoms with Crippen LogP contribution in [0.5, 0.6) is 0 Å². The number of benzene rings is 1. The highest BCUT2D eigenvalue weighted by atomic mass is 16.5. The highest BCUT2D eigenvalue weighted by Gasteiger charge is 2.20. The Kier molecular flexibility index (Phi) is 4.74. The van der Waals surface area contributed by atoms with E-state index in [1.807, 2.05) is 23.1 Å². The van der Waals surface area contributed by atoms with Crippen molar-refractivity contribution >= 4 is 17.7 Å². The number of aryl methyl sites for hydroxylation is 1. The summed E-state index contributed by atoms with van der Waals surface area (Å²) in [6.45, 7) is 4.73. The minimum absolute atomic E-state index is 0.00822. The van der Waals surface area contributed by atoms with Gasteiger partial charge in [-0.25, -0.2) is 0 Å². The maximum Gasteiger partial charge on any atom is 0.246 e. The highest BCUT2D eigenvalue weighted by Crippen LogP contribution is 2.22. The van der Waals surface area contributed by atoms with Crippen molar-refractivity contribution in [2.45, 2.75) is 6.92 Å². The third-order valence-corrected chi connectivity index (χ3v) is 4.54. The van der Waals surface area contributed by atoms with Crippen LogP contribution in [-0.2, 0) is 4.79 Å². The van der Waals surface area contributed by atoms with E-state index in [9.17, 15) is 4.79 Å². The quantitative estimate of drug-likeness (QED) is 0.663. The van der Waals surface area contributed by atoms with Gasteiger partial charge in [0, 0.05) is 50.4 Å². The number of nitrogens with zero attached hydrogens (tertiary/aromatic N) is 4. The second kappa shape index (κ2) is 7.49. The molecule has 0 aliphatic carbocycles. The van der Waals surface area contributed by atoms with Gasteiger partial charge in [-0.05, 0) is 42.5 Å². The lowest BCUT2D eigenvalue weighted by Gasteiger charge is -2.35. The molecule has 0 spiro atoms. The van der Waals surface area contributed by atoms with Gasteiger partial charge in [-0.3, -0.25) is 4.79 Å². The molecule has 0 radical (unpaired) electrons. The van der Waals surface area contributed by atoms with Crippen LogP contribution in [0.15, 0.2) is 57.7 Å². The average Bonchev–Trinajstić information content (AvgIpc) is 3.38. The monoisotopic (exact) mass is 364 g/mol. The fourth-order valence-electron chi connectivity index (χ4n) is 3.07. The topological polar surface area (TPSA) is 75.6 Å². The second-order valence-corrected chi connectivity index (χ2v) is 6.34. The van der Waals surface area contributed by atoms with Crippen molar-refractivity contribution in [2.75, 3.05) is 31.1 Å². The summed E-state index contributed by atoms with van der Waals surface area (Å²) in [6.07, 6.45) is 4.86. The molecule has 0 atom stereocenters. The molecule has 0 N–H and O–H groups in total. The van der Waals surface area contributed by atoms with E-state index in [1.54, 1.807) is 31.4 Å². The molecule has 4 rings (SSSR count). The number of hydrogen-bond acceptors (Lipinski definition) is 6. The van der Waals surface area contributed by atoms with Gasteiger partial charge in [-0.1, -0.05) is 5.16 Å². The van der Waals surface area contributed by atoms with Gasteiger partial charge >= 0.3 is 0 Å². The Morgan fingerprint density at radius 1 is 1.11 bits per heavy atom. The summed E-state index contributed by atoms with van der Waals surface area (Å²) in [4.78, 5) is 20.7. The Balaban J connectivity index is 1.34. The van der Waals surface area contributed by atoms with Crippen LogP contribution >= 0.6 is 0 Å². The number of rotatable bonds is 4. The predicted octanol–water partition coefficient (Wildman–Crippen LogP) is 3.00. The van der Waals surface area contributed by atoms with Gasteiger partial charge in [0.2, 0.25) is 17.6 Å². The first-order valence-corrected chi connectivity index (χ1v) is 8.85. The lowest BCUT2D eigenvalue weighted by Crippen LogP contribution is -2.48. The molecule has 1 aliphatic rings. The van der Waals surface area contributed by atoms with E-state index in [-0.39, 0.29) is 5.91 Å². The van der Waals surface area contributed by atoms with Crippen LogP contribution in [-0.4, -0.2) is 47.1 Å². The maximum atomic E-state index is 12.3. The zero-order valence-electron chi connectivity index (χ0n) is 15.0. The Labute approximate surface area is 156 Å². The minimum Gasteiger partial charge on any atom is -0.465 e. The molecule has 1 saturated heterocycles. The van der Waals surface area contributed by atoms with Gasteiger partial charge in [0.05, 0.1) is 6.26 Å². The van der Waals surface area contributed by atoms with Crippen LogP contribution in [0.1, 0.15) is 11.7 Å². The van der Waals surface area contributed by atoms with Crippen LogP contribution in [0.25, 0.3) is 17.5 Å². The number of anilines is 1. The molecule has 0 unspecified atom stereocenters. The number of carbonyl (C=O) groups excluding carboxylic acids is 1. The minimum atomic E-state index is 0.00822. The normalized spacial score (nSPS) is 14.9. The third-order valence-electron chi connectivity index (χ3n) is 4.54. The molecule has 1 aliphatic heterocycles. The zero-order chi connectivity index (χ0) is 18.6. The first kappa shape index (κ1) is 17.1. The van der Waals surface area contributed by atoms with Crippen LogP contribution < -0.4 is 4.90 Å². The summed E-state index contributed by atoms with van der Waals surface area (Å²) in [5.41, 5.74) is 2.05. The molecule has 0 saturated carbocycles. The number of furan rings is 1. The average molecular weight is 364 g/mol. The van der Waals surface area contributed by atoms with Crippen molar-refractivity contribution in [1.82, 2.24) is 15.0 Å². The third kappa shape index (κ3) is 3.92. The Bertz CT molecular complexity index is 921. The largest absolute Gasteiger partial charge is 0.465 e. The number of piperazine rings is 1. The second-order valence-electron chi connectivity index (χ2n) is 6.34. The van der Waals surface area contributed by atoms with E-state index in [2.05, 4.69) is 27.2 Å².